The van der Waals surface area contributed by atoms with Crippen LogP contribution < -0.4 is 5.32 Å². The number of pyridine rings is 1. The molecule has 2 amide bonds. The minimum Gasteiger partial charge on any atom is -0.334 e. The summed E-state index contributed by atoms with van der Waals surface area (Å²) in [6.07, 6.45) is 8.79. The monoisotopic (exact) mass is 313 g/mol. The fourth-order valence-corrected chi connectivity index (χ4v) is 2.97. The van der Waals surface area contributed by atoms with Gasteiger partial charge in [-0.05, 0) is 42.5 Å². The molecular weight excluding hydrogens is 290 g/mol. The van der Waals surface area contributed by atoms with Crippen LogP contribution in [-0.4, -0.2) is 38.8 Å². The summed E-state index contributed by atoms with van der Waals surface area (Å²) in [5.74, 6) is 1.40. The third kappa shape index (κ3) is 3.88. The number of carbonyl (C=O) groups is 1. The Morgan fingerprint density at radius 1 is 1.43 bits per heavy atom. The van der Waals surface area contributed by atoms with Crippen molar-refractivity contribution in [2.75, 3.05) is 13.1 Å². The highest BCUT2D eigenvalue weighted by Crippen LogP contribution is 2.19. The zero-order chi connectivity index (χ0) is 16.1. The molecule has 1 aliphatic rings. The van der Waals surface area contributed by atoms with E-state index < -0.39 is 0 Å². The Hall–Kier alpha value is -2.37. The Kier molecular flexibility index (Phi) is 4.90. The van der Waals surface area contributed by atoms with Gasteiger partial charge >= 0.3 is 6.03 Å². The minimum atomic E-state index is 0.0283. The molecule has 23 heavy (non-hydrogen) atoms. The van der Waals surface area contributed by atoms with Crippen molar-refractivity contribution in [3.8, 4) is 5.82 Å². The molecule has 0 bridgehead atoms. The van der Waals surface area contributed by atoms with Crippen LogP contribution in [0.25, 0.3) is 5.82 Å². The number of nitrogens with zero attached hydrogens (tertiary/aromatic N) is 4. The van der Waals surface area contributed by atoms with E-state index in [0.29, 0.717) is 12.5 Å². The van der Waals surface area contributed by atoms with Crippen LogP contribution in [0.1, 0.15) is 31.7 Å². The van der Waals surface area contributed by atoms with E-state index >= 15 is 0 Å². The second-order valence-electron chi connectivity index (χ2n) is 5.99. The van der Waals surface area contributed by atoms with Crippen molar-refractivity contribution in [2.45, 2.75) is 32.7 Å². The van der Waals surface area contributed by atoms with Gasteiger partial charge in [-0.2, -0.15) is 5.10 Å². The fraction of sp³-hybridized carbons (Fsp3) is 0.471. The van der Waals surface area contributed by atoms with Crippen molar-refractivity contribution in [2.24, 2.45) is 5.92 Å². The van der Waals surface area contributed by atoms with E-state index in [9.17, 15) is 4.79 Å². The normalized spacial score (nSPS) is 18.0. The summed E-state index contributed by atoms with van der Waals surface area (Å²) in [7, 11) is 0. The quantitative estimate of drug-likeness (QED) is 0.943. The molecule has 1 atom stereocenters. The van der Waals surface area contributed by atoms with Crippen LogP contribution in [0.3, 0.4) is 0 Å². The Balaban J connectivity index is 1.58. The number of nitrogens with one attached hydrogen (secondary N) is 1. The van der Waals surface area contributed by atoms with Crippen LogP contribution in [0.2, 0.25) is 0 Å². The Morgan fingerprint density at radius 3 is 3.13 bits per heavy atom. The van der Waals surface area contributed by atoms with Gasteiger partial charge in [0.05, 0.1) is 0 Å². The maximum Gasteiger partial charge on any atom is 0.317 e. The Morgan fingerprint density at radius 2 is 2.35 bits per heavy atom. The minimum absolute atomic E-state index is 0.0283. The molecule has 6 nitrogen and oxygen atoms in total. The molecule has 1 fully saturated rings. The van der Waals surface area contributed by atoms with Gasteiger partial charge in [-0.15, -0.1) is 0 Å². The largest absolute Gasteiger partial charge is 0.334 e. The Bertz CT molecular complexity index is 640. The van der Waals surface area contributed by atoms with Gasteiger partial charge in [0, 0.05) is 38.2 Å². The molecule has 3 heterocycles. The van der Waals surface area contributed by atoms with Gasteiger partial charge in [0.25, 0.3) is 0 Å². The molecule has 2 aromatic heterocycles. The molecule has 0 spiro atoms. The molecule has 1 saturated heterocycles. The fourth-order valence-electron chi connectivity index (χ4n) is 2.97. The van der Waals surface area contributed by atoms with E-state index in [4.69, 9.17) is 0 Å². The van der Waals surface area contributed by atoms with Gasteiger partial charge in [0.2, 0.25) is 0 Å². The number of amides is 2. The summed E-state index contributed by atoms with van der Waals surface area (Å²) < 4.78 is 1.71. The lowest BCUT2D eigenvalue weighted by Crippen LogP contribution is -2.45. The summed E-state index contributed by atoms with van der Waals surface area (Å²) in [5, 5.41) is 7.19. The predicted octanol–water partition coefficient (Wildman–Crippen LogP) is 2.60. The van der Waals surface area contributed by atoms with Crippen LogP contribution in [0.4, 0.5) is 4.79 Å². The van der Waals surface area contributed by atoms with Crippen LogP contribution in [0.5, 0.6) is 0 Å². The predicted molar refractivity (Wildman–Crippen MR) is 88.2 cm³/mol. The lowest BCUT2D eigenvalue weighted by atomic mass is 9.96. The molecule has 0 aromatic carbocycles. The molecule has 3 rings (SSSR count). The van der Waals surface area contributed by atoms with Gasteiger partial charge in [-0.3, -0.25) is 0 Å². The van der Waals surface area contributed by atoms with E-state index in [1.807, 2.05) is 29.3 Å². The van der Waals surface area contributed by atoms with Crippen LogP contribution in [0, 0.1) is 5.92 Å². The zero-order valence-electron chi connectivity index (χ0n) is 13.5. The topological polar surface area (TPSA) is 63.1 Å². The van der Waals surface area contributed by atoms with E-state index in [2.05, 4.69) is 22.3 Å². The first kappa shape index (κ1) is 15.5. The van der Waals surface area contributed by atoms with Gasteiger partial charge in [0.1, 0.15) is 0 Å². The average Bonchev–Trinajstić information content (AvgIpc) is 3.14. The second kappa shape index (κ2) is 7.26. The molecule has 0 unspecified atom stereocenters. The van der Waals surface area contributed by atoms with Crippen molar-refractivity contribution < 1.29 is 4.79 Å². The molecule has 0 aliphatic carbocycles. The van der Waals surface area contributed by atoms with Crippen molar-refractivity contribution in [3.63, 3.8) is 0 Å². The highest BCUT2D eigenvalue weighted by atomic mass is 16.2. The number of hydrogen-bond donors (Lipinski definition) is 1. The van der Waals surface area contributed by atoms with E-state index in [-0.39, 0.29) is 6.03 Å². The maximum absolute atomic E-state index is 12.3. The standard InChI is InChI=1S/C17H23N5O/c1-2-14-5-3-9-21(13-14)17(23)19-12-15-6-8-18-16(11-15)22-10-4-7-20-22/h4,6-8,10-11,14H,2-3,5,9,12-13H2,1H3,(H,19,23)/t14-/m0/s1. The summed E-state index contributed by atoms with van der Waals surface area (Å²) >= 11 is 0. The van der Waals surface area contributed by atoms with Crippen LogP contribution >= 0.6 is 0 Å². The number of piperidine rings is 1. The zero-order valence-corrected chi connectivity index (χ0v) is 13.5. The first-order valence-corrected chi connectivity index (χ1v) is 8.24. The number of likely N-dealkylation sites (tertiary alicyclic amines) is 1. The van der Waals surface area contributed by atoms with Gasteiger partial charge < -0.3 is 10.2 Å². The SMILES string of the molecule is CC[C@H]1CCCN(C(=O)NCc2ccnc(-n3cccn3)c2)C1. The number of urea groups is 1. The van der Waals surface area contributed by atoms with E-state index in [1.165, 1.54) is 6.42 Å². The highest BCUT2D eigenvalue weighted by Gasteiger charge is 2.22. The van der Waals surface area contributed by atoms with Crippen molar-refractivity contribution in [1.82, 2.24) is 25.0 Å². The molecule has 0 radical (unpaired) electrons. The van der Waals surface area contributed by atoms with Crippen LogP contribution in [0.15, 0.2) is 36.8 Å². The first-order chi connectivity index (χ1) is 11.3. The van der Waals surface area contributed by atoms with Crippen molar-refractivity contribution >= 4 is 6.03 Å². The lowest BCUT2D eigenvalue weighted by molar-refractivity contribution is 0.163. The van der Waals surface area contributed by atoms with Gasteiger partial charge in [0.15, 0.2) is 5.82 Å². The molecule has 122 valence electrons. The molecule has 0 saturated carbocycles. The third-order valence-electron chi connectivity index (χ3n) is 4.38. The smallest absolute Gasteiger partial charge is 0.317 e. The summed E-state index contributed by atoms with van der Waals surface area (Å²) in [6, 6.07) is 5.74. The van der Waals surface area contributed by atoms with Crippen molar-refractivity contribution in [3.05, 3.63) is 42.4 Å². The highest BCUT2D eigenvalue weighted by molar-refractivity contribution is 5.74. The number of rotatable bonds is 4. The summed E-state index contributed by atoms with van der Waals surface area (Å²) in [4.78, 5) is 18.6. The number of carbonyl (C=O) groups excluding carboxylic acids is 1. The number of hydrogen-bond acceptors (Lipinski definition) is 3. The average molecular weight is 313 g/mol. The van der Waals surface area contributed by atoms with Crippen LogP contribution in [-0.2, 0) is 6.54 Å². The molecule has 2 aromatic rings. The molecular formula is C17H23N5O. The van der Waals surface area contributed by atoms with Gasteiger partial charge in [-0.25, -0.2) is 14.5 Å². The van der Waals surface area contributed by atoms with E-state index in [0.717, 1.165) is 37.3 Å². The Labute approximate surface area is 136 Å². The summed E-state index contributed by atoms with van der Waals surface area (Å²) in [5.41, 5.74) is 1.02. The van der Waals surface area contributed by atoms with Crippen molar-refractivity contribution in [1.29, 1.82) is 0 Å². The third-order valence-corrected chi connectivity index (χ3v) is 4.38. The second-order valence-corrected chi connectivity index (χ2v) is 5.99. The van der Waals surface area contributed by atoms with E-state index in [1.54, 1.807) is 17.1 Å². The lowest BCUT2D eigenvalue weighted by Gasteiger charge is -2.32. The van der Waals surface area contributed by atoms with Gasteiger partial charge in [-0.1, -0.05) is 13.3 Å². The molecule has 6 heteroatoms. The molecule has 1 aliphatic heterocycles. The number of aromatic nitrogens is 3. The maximum atomic E-state index is 12.3. The first-order valence-electron chi connectivity index (χ1n) is 8.24. The summed E-state index contributed by atoms with van der Waals surface area (Å²) in [6.45, 7) is 4.43. The molecule has 1 N–H and O–H groups in total.